The van der Waals surface area contributed by atoms with Crippen LogP contribution in [0.1, 0.15) is 0 Å². The third kappa shape index (κ3) is 3.91. The van der Waals surface area contributed by atoms with Gasteiger partial charge in [0.05, 0.1) is 5.69 Å². The summed E-state index contributed by atoms with van der Waals surface area (Å²) in [5, 5.41) is 0. The first kappa shape index (κ1) is 11.9. The number of hydrogen-bond donors (Lipinski definition) is 2. The van der Waals surface area contributed by atoms with Crippen LogP contribution in [0.3, 0.4) is 0 Å². The van der Waals surface area contributed by atoms with Gasteiger partial charge in [-0.2, -0.15) is 8.78 Å². The summed E-state index contributed by atoms with van der Waals surface area (Å²) in [7, 11) is 0. The fourth-order valence-electron chi connectivity index (χ4n) is 0.762. The fraction of sp³-hybridized carbons (Fsp3) is 0.143. The molecule has 0 radical (unpaired) electrons. The van der Waals surface area contributed by atoms with Crippen molar-refractivity contribution in [2.45, 2.75) is 6.61 Å². The molecule has 0 unspecified atom stereocenters. The average Bonchev–Trinajstić information content (AvgIpc) is 2.03. The van der Waals surface area contributed by atoms with Gasteiger partial charge in [0.15, 0.2) is 0 Å². The van der Waals surface area contributed by atoms with E-state index in [-0.39, 0.29) is 18.2 Å². The first-order chi connectivity index (χ1) is 5.72. The molecule has 0 atom stereocenters. The van der Waals surface area contributed by atoms with Crippen LogP contribution in [0, 0.1) is 0 Å². The molecule has 3 N–H and O–H groups in total. The molecule has 0 aromatic heterocycles. The van der Waals surface area contributed by atoms with Crippen molar-refractivity contribution in [2.24, 2.45) is 5.84 Å². The summed E-state index contributed by atoms with van der Waals surface area (Å²) < 4.78 is 27.5. The first-order valence-corrected chi connectivity index (χ1v) is 3.24. The van der Waals surface area contributed by atoms with Crippen molar-refractivity contribution in [2.75, 3.05) is 5.43 Å². The minimum absolute atomic E-state index is 0. The van der Waals surface area contributed by atoms with Gasteiger partial charge in [0.25, 0.3) is 0 Å². The van der Waals surface area contributed by atoms with Gasteiger partial charge < -0.3 is 10.2 Å². The lowest BCUT2D eigenvalue weighted by Crippen LogP contribution is -2.07. The molecule has 0 amide bonds. The first-order valence-electron chi connectivity index (χ1n) is 3.24. The van der Waals surface area contributed by atoms with E-state index in [1.54, 1.807) is 12.1 Å². The smallest absolute Gasteiger partial charge is 0.387 e. The molecular weight excluding hydrogens is 202 g/mol. The second-order valence-electron chi connectivity index (χ2n) is 2.05. The van der Waals surface area contributed by atoms with Crippen molar-refractivity contribution >= 4 is 18.1 Å². The topological polar surface area (TPSA) is 47.3 Å². The fourth-order valence-corrected chi connectivity index (χ4v) is 0.762. The molecule has 0 aliphatic rings. The molecule has 74 valence electrons. The number of ether oxygens (including phenoxy) is 1. The standard InChI is InChI=1S/C7H8F2N2O.ClH/c8-7(9)12-6-3-1-2-5(4-6)11-10;/h1-4,7,11H,10H2;1H. The van der Waals surface area contributed by atoms with E-state index >= 15 is 0 Å². The zero-order valence-electron chi connectivity index (χ0n) is 6.54. The van der Waals surface area contributed by atoms with Crippen molar-refractivity contribution in [1.82, 2.24) is 0 Å². The van der Waals surface area contributed by atoms with Crippen molar-refractivity contribution < 1.29 is 13.5 Å². The molecular formula is C7H9ClF2N2O. The number of alkyl halides is 2. The number of nitrogens with one attached hydrogen (secondary N) is 1. The Labute approximate surface area is 80.3 Å². The zero-order chi connectivity index (χ0) is 8.97. The van der Waals surface area contributed by atoms with Gasteiger partial charge in [-0.05, 0) is 12.1 Å². The van der Waals surface area contributed by atoms with Crippen LogP contribution in [0.5, 0.6) is 5.75 Å². The molecule has 0 saturated heterocycles. The van der Waals surface area contributed by atoms with Gasteiger partial charge in [0.2, 0.25) is 0 Å². The number of halogens is 3. The number of anilines is 1. The molecule has 1 aromatic carbocycles. The lowest BCUT2D eigenvalue weighted by atomic mass is 10.3. The average molecular weight is 211 g/mol. The molecule has 3 nitrogen and oxygen atoms in total. The van der Waals surface area contributed by atoms with E-state index in [1.807, 2.05) is 0 Å². The highest BCUT2D eigenvalue weighted by Gasteiger charge is 2.03. The minimum atomic E-state index is -2.81. The quantitative estimate of drug-likeness (QED) is 0.593. The molecule has 0 aliphatic heterocycles. The Kier molecular flexibility index (Phi) is 5.10. The summed E-state index contributed by atoms with van der Waals surface area (Å²) in [4.78, 5) is 0. The molecule has 0 bridgehead atoms. The third-order valence-corrected chi connectivity index (χ3v) is 1.23. The lowest BCUT2D eigenvalue weighted by molar-refractivity contribution is -0.0498. The lowest BCUT2D eigenvalue weighted by Gasteiger charge is -2.05. The maximum Gasteiger partial charge on any atom is 0.387 e. The Morgan fingerprint density at radius 3 is 2.62 bits per heavy atom. The summed E-state index contributed by atoms with van der Waals surface area (Å²) in [6.07, 6.45) is 0. The van der Waals surface area contributed by atoms with Gasteiger partial charge >= 0.3 is 6.61 Å². The second-order valence-corrected chi connectivity index (χ2v) is 2.05. The van der Waals surface area contributed by atoms with Crippen molar-refractivity contribution in [3.63, 3.8) is 0 Å². The predicted molar refractivity (Wildman–Crippen MR) is 48.1 cm³/mol. The molecule has 13 heavy (non-hydrogen) atoms. The van der Waals surface area contributed by atoms with Gasteiger partial charge in [-0.25, -0.2) is 0 Å². The molecule has 6 heteroatoms. The van der Waals surface area contributed by atoms with Crippen LogP contribution < -0.4 is 16.0 Å². The highest BCUT2D eigenvalue weighted by molar-refractivity contribution is 5.85. The monoisotopic (exact) mass is 210 g/mol. The molecule has 0 spiro atoms. The molecule has 1 rings (SSSR count). The van der Waals surface area contributed by atoms with E-state index < -0.39 is 6.61 Å². The van der Waals surface area contributed by atoms with Crippen LogP contribution in [0.2, 0.25) is 0 Å². The second kappa shape index (κ2) is 5.55. The summed E-state index contributed by atoms with van der Waals surface area (Å²) in [6.45, 7) is -2.81. The van der Waals surface area contributed by atoms with Crippen LogP contribution >= 0.6 is 12.4 Å². The molecule has 0 heterocycles. The van der Waals surface area contributed by atoms with Crippen LogP contribution in [0.4, 0.5) is 14.5 Å². The van der Waals surface area contributed by atoms with E-state index in [0.29, 0.717) is 5.69 Å². The Hall–Kier alpha value is -1.07. The Morgan fingerprint density at radius 1 is 1.38 bits per heavy atom. The van der Waals surface area contributed by atoms with Crippen LogP contribution in [0.25, 0.3) is 0 Å². The van der Waals surface area contributed by atoms with Crippen molar-refractivity contribution in [3.8, 4) is 5.75 Å². The van der Waals surface area contributed by atoms with Gasteiger partial charge in [0.1, 0.15) is 5.75 Å². The maximum absolute atomic E-state index is 11.7. The van der Waals surface area contributed by atoms with Crippen molar-refractivity contribution in [1.29, 1.82) is 0 Å². The molecule has 0 fully saturated rings. The molecule has 1 aromatic rings. The van der Waals surface area contributed by atoms with E-state index in [2.05, 4.69) is 10.2 Å². The van der Waals surface area contributed by atoms with Gasteiger partial charge in [0, 0.05) is 6.07 Å². The van der Waals surface area contributed by atoms with Gasteiger partial charge in [-0.3, -0.25) is 5.84 Å². The number of rotatable bonds is 3. The number of nitrogen functional groups attached to an aromatic ring is 1. The van der Waals surface area contributed by atoms with Crippen LogP contribution in [-0.2, 0) is 0 Å². The summed E-state index contributed by atoms with van der Waals surface area (Å²) in [6, 6.07) is 6.00. The van der Waals surface area contributed by atoms with E-state index in [9.17, 15) is 8.78 Å². The Balaban J connectivity index is 0.00000144. The number of nitrogens with two attached hydrogens (primary N) is 1. The van der Waals surface area contributed by atoms with Crippen LogP contribution in [-0.4, -0.2) is 6.61 Å². The van der Waals surface area contributed by atoms with E-state index in [1.165, 1.54) is 12.1 Å². The summed E-state index contributed by atoms with van der Waals surface area (Å²) in [5.74, 6) is 5.14. The van der Waals surface area contributed by atoms with Gasteiger partial charge in [-0.1, -0.05) is 6.07 Å². The zero-order valence-corrected chi connectivity index (χ0v) is 7.35. The third-order valence-electron chi connectivity index (χ3n) is 1.23. The molecule has 0 aliphatic carbocycles. The number of benzene rings is 1. The SMILES string of the molecule is Cl.NNc1cccc(OC(F)F)c1. The van der Waals surface area contributed by atoms with E-state index in [4.69, 9.17) is 5.84 Å². The van der Waals surface area contributed by atoms with E-state index in [0.717, 1.165) is 0 Å². The normalized spacial score (nSPS) is 9.23. The van der Waals surface area contributed by atoms with Gasteiger partial charge in [-0.15, -0.1) is 12.4 Å². The largest absolute Gasteiger partial charge is 0.435 e. The number of hydrazine groups is 1. The summed E-state index contributed by atoms with van der Waals surface area (Å²) >= 11 is 0. The predicted octanol–water partition coefficient (Wildman–Crippen LogP) is 2.00. The highest BCUT2D eigenvalue weighted by Crippen LogP contribution is 2.17. The van der Waals surface area contributed by atoms with Crippen molar-refractivity contribution in [3.05, 3.63) is 24.3 Å². The maximum atomic E-state index is 11.7. The Bertz CT molecular complexity index is 260. The Morgan fingerprint density at radius 2 is 2.08 bits per heavy atom. The molecule has 0 saturated carbocycles. The number of hydrogen-bond acceptors (Lipinski definition) is 3. The highest BCUT2D eigenvalue weighted by atomic mass is 35.5. The summed E-state index contributed by atoms with van der Waals surface area (Å²) in [5.41, 5.74) is 2.84. The minimum Gasteiger partial charge on any atom is -0.435 e. The van der Waals surface area contributed by atoms with Crippen LogP contribution in [0.15, 0.2) is 24.3 Å².